The maximum Gasteiger partial charge on any atom is 0.161 e. The Balaban J connectivity index is 2.15. The molecule has 1 aromatic carbocycles. The third kappa shape index (κ3) is 3.65. The number of hydrogen-bond acceptors (Lipinski definition) is 4. The fraction of sp³-hybridized carbons (Fsp3) is 0.429. The highest BCUT2D eigenvalue weighted by Crippen LogP contribution is 2.27. The molecule has 0 bridgehead atoms. The first-order valence-corrected chi connectivity index (χ1v) is 7.64. The summed E-state index contributed by atoms with van der Waals surface area (Å²) < 4.78 is 0. The Labute approximate surface area is 123 Å². The number of nitriles is 1. The lowest BCUT2D eigenvalue weighted by Gasteiger charge is -2.23. The molecule has 0 radical (unpaired) electrons. The highest BCUT2D eigenvalue weighted by atomic mass is 35.5. The number of hydrogen-bond donors (Lipinski definition) is 1. The number of thioether (sulfide) groups is 1. The molecule has 0 amide bonds. The lowest BCUT2D eigenvalue weighted by atomic mass is 10.0. The number of nitrogens with zero attached hydrogens (tertiary/aromatic N) is 2. The third-order valence-corrected chi connectivity index (χ3v) is 4.28. The first-order valence-electron chi connectivity index (χ1n) is 6.27. The molecule has 1 aliphatic heterocycles. The van der Waals surface area contributed by atoms with Gasteiger partial charge in [-0.05, 0) is 30.5 Å². The van der Waals surface area contributed by atoms with E-state index in [0.717, 1.165) is 23.0 Å². The minimum Gasteiger partial charge on any atom is -0.334 e. The molecule has 1 atom stereocenters. The van der Waals surface area contributed by atoms with E-state index in [2.05, 4.69) is 25.2 Å². The first kappa shape index (κ1) is 14.2. The highest BCUT2D eigenvalue weighted by Gasteiger charge is 2.19. The van der Waals surface area contributed by atoms with Gasteiger partial charge in [0.2, 0.25) is 0 Å². The van der Waals surface area contributed by atoms with Crippen molar-refractivity contribution in [1.29, 1.82) is 5.26 Å². The van der Waals surface area contributed by atoms with E-state index in [1.807, 2.05) is 6.07 Å². The van der Waals surface area contributed by atoms with E-state index in [1.165, 1.54) is 0 Å². The van der Waals surface area contributed by atoms with Crippen molar-refractivity contribution < 1.29 is 0 Å². The Morgan fingerprint density at radius 1 is 1.53 bits per heavy atom. The Bertz CT molecular complexity index is 534. The Morgan fingerprint density at radius 3 is 2.95 bits per heavy atom. The topological polar surface area (TPSA) is 48.2 Å². The monoisotopic (exact) mass is 293 g/mol. The van der Waals surface area contributed by atoms with Gasteiger partial charge in [0.15, 0.2) is 5.17 Å². The second-order valence-corrected chi connectivity index (χ2v) is 6.31. The third-order valence-electron chi connectivity index (χ3n) is 3.04. The van der Waals surface area contributed by atoms with Crippen molar-refractivity contribution in [3.8, 4) is 6.07 Å². The van der Waals surface area contributed by atoms with Crippen LogP contribution in [0.25, 0.3) is 0 Å². The van der Waals surface area contributed by atoms with Crippen molar-refractivity contribution in [2.45, 2.75) is 26.3 Å². The van der Waals surface area contributed by atoms with Crippen molar-refractivity contribution >= 4 is 34.2 Å². The molecule has 1 unspecified atom stereocenters. The predicted molar refractivity (Wildman–Crippen MR) is 82.9 cm³/mol. The number of benzene rings is 1. The summed E-state index contributed by atoms with van der Waals surface area (Å²) >= 11 is 7.86. The number of nitrogens with one attached hydrogen (secondary N) is 1. The largest absolute Gasteiger partial charge is 0.334 e. The minimum absolute atomic E-state index is 0.376. The van der Waals surface area contributed by atoms with Gasteiger partial charge in [-0.3, -0.25) is 4.99 Å². The van der Waals surface area contributed by atoms with E-state index in [0.29, 0.717) is 22.5 Å². The van der Waals surface area contributed by atoms with Gasteiger partial charge in [-0.2, -0.15) is 5.26 Å². The van der Waals surface area contributed by atoms with Crippen LogP contribution in [0.4, 0.5) is 5.69 Å². The summed E-state index contributed by atoms with van der Waals surface area (Å²) in [6, 6.07) is 7.69. The summed E-state index contributed by atoms with van der Waals surface area (Å²) in [5.41, 5.74) is 1.37. The molecular weight excluding hydrogens is 278 g/mol. The Hall–Kier alpha value is -1.18. The number of aliphatic imine (C=N–C) groups is 1. The second-order valence-electron chi connectivity index (χ2n) is 4.81. The molecule has 1 N–H and O–H groups in total. The van der Waals surface area contributed by atoms with Crippen LogP contribution in [0.3, 0.4) is 0 Å². The number of rotatable bonds is 2. The van der Waals surface area contributed by atoms with Gasteiger partial charge < -0.3 is 5.32 Å². The molecule has 2 rings (SSSR count). The van der Waals surface area contributed by atoms with Gasteiger partial charge in [0.25, 0.3) is 0 Å². The molecule has 100 valence electrons. The van der Waals surface area contributed by atoms with Crippen LogP contribution in [0.2, 0.25) is 5.02 Å². The van der Waals surface area contributed by atoms with E-state index in [-0.39, 0.29) is 0 Å². The van der Waals surface area contributed by atoms with Gasteiger partial charge in [0.05, 0.1) is 28.4 Å². The minimum atomic E-state index is 0.376. The molecule has 0 saturated heterocycles. The van der Waals surface area contributed by atoms with Gasteiger partial charge in [-0.1, -0.05) is 37.2 Å². The summed E-state index contributed by atoms with van der Waals surface area (Å²) in [6.45, 7) is 4.38. The number of amidine groups is 1. The molecule has 3 nitrogen and oxygen atoms in total. The summed E-state index contributed by atoms with van der Waals surface area (Å²) in [5, 5.41) is 13.5. The first-order chi connectivity index (χ1) is 9.10. The molecule has 0 spiro atoms. The lowest BCUT2D eigenvalue weighted by molar-refractivity contribution is 0.485. The molecule has 1 heterocycles. The van der Waals surface area contributed by atoms with Crippen LogP contribution in [0.5, 0.6) is 0 Å². The normalized spacial score (nSPS) is 18.9. The van der Waals surface area contributed by atoms with Crippen LogP contribution in [-0.2, 0) is 0 Å². The number of anilines is 1. The summed E-state index contributed by atoms with van der Waals surface area (Å²) in [6.07, 6.45) is 1.12. The SMILES string of the molecule is CC(C)C1CCSC(Nc2ccc(C#N)cc2Cl)=N1. The molecule has 0 saturated carbocycles. The van der Waals surface area contributed by atoms with Crippen molar-refractivity contribution in [3.63, 3.8) is 0 Å². The summed E-state index contributed by atoms with van der Waals surface area (Å²) in [7, 11) is 0. The molecule has 0 aliphatic carbocycles. The van der Waals surface area contributed by atoms with Crippen LogP contribution in [0.15, 0.2) is 23.2 Å². The molecular formula is C14H16ClN3S. The van der Waals surface area contributed by atoms with Crippen LogP contribution in [-0.4, -0.2) is 17.0 Å². The van der Waals surface area contributed by atoms with Crippen LogP contribution >= 0.6 is 23.4 Å². The van der Waals surface area contributed by atoms with E-state index in [9.17, 15) is 0 Å². The fourth-order valence-corrected chi connectivity index (χ4v) is 3.05. The van der Waals surface area contributed by atoms with Gasteiger partial charge in [0, 0.05) is 5.75 Å². The van der Waals surface area contributed by atoms with Crippen LogP contribution in [0, 0.1) is 17.2 Å². The van der Waals surface area contributed by atoms with Gasteiger partial charge >= 0.3 is 0 Å². The molecule has 1 aliphatic rings. The number of halogens is 1. The lowest BCUT2D eigenvalue weighted by Crippen LogP contribution is -2.23. The zero-order valence-electron chi connectivity index (χ0n) is 11.0. The van der Waals surface area contributed by atoms with E-state index in [1.54, 1.807) is 23.9 Å². The molecule has 1 aromatic rings. The average Bonchev–Trinajstić information content (AvgIpc) is 2.41. The smallest absolute Gasteiger partial charge is 0.161 e. The predicted octanol–water partition coefficient (Wildman–Crippen LogP) is 4.14. The van der Waals surface area contributed by atoms with Crippen molar-refractivity contribution in [1.82, 2.24) is 0 Å². The standard InChI is InChI=1S/C14H16ClN3S/c1-9(2)12-5-6-19-14(17-12)18-13-4-3-10(8-16)7-11(13)15/h3-4,7,9,12H,5-6H2,1-2H3,(H,17,18). The van der Waals surface area contributed by atoms with Gasteiger partial charge in [-0.25, -0.2) is 0 Å². The molecule has 19 heavy (non-hydrogen) atoms. The fourth-order valence-electron chi connectivity index (χ4n) is 1.88. The van der Waals surface area contributed by atoms with Crippen LogP contribution in [0.1, 0.15) is 25.8 Å². The second kappa shape index (κ2) is 6.31. The summed E-state index contributed by atoms with van der Waals surface area (Å²) in [5.74, 6) is 1.62. The maximum atomic E-state index is 8.81. The van der Waals surface area contributed by atoms with E-state index in [4.69, 9.17) is 21.9 Å². The van der Waals surface area contributed by atoms with E-state index >= 15 is 0 Å². The summed E-state index contributed by atoms with van der Waals surface area (Å²) in [4.78, 5) is 4.71. The molecule has 0 aromatic heterocycles. The van der Waals surface area contributed by atoms with E-state index < -0.39 is 0 Å². The van der Waals surface area contributed by atoms with Crippen molar-refractivity contribution in [2.24, 2.45) is 10.9 Å². The van der Waals surface area contributed by atoms with Gasteiger partial charge in [0.1, 0.15) is 0 Å². The molecule has 0 fully saturated rings. The maximum absolute atomic E-state index is 8.81. The molecule has 5 heteroatoms. The average molecular weight is 294 g/mol. The Kier molecular flexibility index (Phi) is 4.73. The van der Waals surface area contributed by atoms with Gasteiger partial charge in [-0.15, -0.1) is 0 Å². The van der Waals surface area contributed by atoms with Crippen molar-refractivity contribution in [2.75, 3.05) is 11.1 Å². The highest BCUT2D eigenvalue weighted by molar-refractivity contribution is 8.14. The quantitative estimate of drug-likeness (QED) is 0.891. The zero-order chi connectivity index (χ0) is 13.8. The zero-order valence-corrected chi connectivity index (χ0v) is 12.6. The Morgan fingerprint density at radius 2 is 2.32 bits per heavy atom. The van der Waals surface area contributed by atoms with Crippen LogP contribution < -0.4 is 5.32 Å². The van der Waals surface area contributed by atoms with Crippen molar-refractivity contribution in [3.05, 3.63) is 28.8 Å².